The maximum absolute atomic E-state index is 13.7. The minimum absolute atomic E-state index is 0.0311. The van der Waals surface area contributed by atoms with Crippen molar-refractivity contribution in [3.63, 3.8) is 0 Å². The molecule has 1 aliphatic rings. The molecule has 4 aromatic rings. The summed E-state index contributed by atoms with van der Waals surface area (Å²) in [5, 5.41) is 4.00. The number of methoxy groups -OCH3 is 2. The normalized spacial score (nSPS) is 14.7. The zero-order valence-electron chi connectivity index (χ0n) is 20.7. The van der Waals surface area contributed by atoms with E-state index in [-0.39, 0.29) is 24.4 Å². The summed E-state index contributed by atoms with van der Waals surface area (Å²) >= 11 is 0. The van der Waals surface area contributed by atoms with Gasteiger partial charge in [0.15, 0.2) is 0 Å². The Morgan fingerprint density at radius 1 is 0.944 bits per heavy atom. The zero-order valence-corrected chi connectivity index (χ0v) is 20.7. The average Bonchev–Trinajstić information content (AvgIpc) is 3.36. The Hall–Kier alpha value is -4.26. The van der Waals surface area contributed by atoms with E-state index in [2.05, 4.69) is 5.32 Å². The molecule has 3 aromatic carbocycles. The molecule has 184 valence electrons. The highest BCUT2D eigenvalue weighted by Gasteiger charge is 2.42. The highest BCUT2D eigenvalue weighted by atomic mass is 16.5. The molecule has 0 bridgehead atoms. The van der Waals surface area contributed by atoms with Gasteiger partial charge in [-0.3, -0.25) is 9.59 Å². The van der Waals surface area contributed by atoms with Gasteiger partial charge in [-0.2, -0.15) is 0 Å². The lowest BCUT2D eigenvalue weighted by molar-refractivity contribution is -0.122. The molecule has 0 aliphatic carbocycles. The standard InChI is InChI=1S/C29H29N3O4/c1-31-24-10-5-4-9-23(24)26-27(20-11-13-21(35-2)14-12-20)32(29(34)28(26)31)18-25(33)30-16-15-19-7-6-8-22(17-19)36-3/h4-14,17,27H,15-16,18H2,1-3H3,(H,30,33)/t27-/m1/s1. The first kappa shape index (κ1) is 23.5. The molecule has 0 saturated heterocycles. The highest BCUT2D eigenvalue weighted by Crippen LogP contribution is 2.43. The number of hydrogen-bond donors (Lipinski definition) is 1. The molecule has 1 aromatic heterocycles. The number of fused-ring (bicyclic) bond motifs is 3. The Bertz CT molecular complexity index is 1420. The van der Waals surface area contributed by atoms with Crippen molar-refractivity contribution in [1.29, 1.82) is 0 Å². The zero-order chi connectivity index (χ0) is 25.2. The van der Waals surface area contributed by atoms with Crippen LogP contribution in [0.2, 0.25) is 0 Å². The third-order valence-corrected chi connectivity index (χ3v) is 6.81. The van der Waals surface area contributed by atoms with Crippen LogP contribution < -0.4 is 14.8 Å². The molecule has 0 saturated carbocycles. The van der Waals surface area contributed by atoms with Crippen molar-refractivity contribution in [2.75, 3.05) is 27.3 Å². The van der Waals surface area contributed by atoms with Crippen molar-refractivity contribution >= 4 is 22.7 Å². The molecule has 1 N–H and O–H groups in total. The molecular weight excluding hydrogens is 454 g/mol. The number of aromatic nitrogens is 1. The molecule has 0 radical (unpaired) electrons. The number of nitrogens with one attached hydrogen (secondary N) is 1. The third-order valence-electron chi connectivity index (χ3n) is 6.81. The molecule has 1 aliphatic heterocycles. The minimum atomic E-state index is -0.367. The van der Waals surface area contributed by atoms with E-state index >= 15 is 0 Å². The van der Waals surface area contributed by atoms with Crippen LogP contribution in [0, 0.1) is 0 Å². The second-order valence-corrected chi connectivity index (χ2v) is 8.90. The van der Waals surface area contributed by atoms with Crippen LogP contribution in [0.25, 0.3) is 10.9 Å². The molecule has 7 nitrogen and oxygen atoms in total. The molecule has 0 fully saturated rings. The van der Waals surface area contributed by atoms with Crippen molar-refractivity contribution < 1.29 is 19.1 Å². The molecule has 7 heteroatoms. The predicted octanol–water partition coefficient (Wildman–Crippen LogP) is 4.10. The minimum Gasteiger partial charge on any atom is -0.497 e. The maximum atomic E-state index is 13.7. The van der Waals surface area contributed by atoms with Crippen molar-refractivity contribution in [2.24, 2.45) is 7.05 Å². The van der Waals surface area contributed by atoms with Gasteiger partial charge in [0.05, 0.1) is 20.3 Å². The number of para-hydroxylation sites is 1. The number of amides is 2. The lowest BCUT2D eigenvalue weighted by Gasteiger charge is -2.26. The van der Waals surface area contributed by atoms with E-state index in [0.29, 0.717) is 18.7 Å². The van der Waals surface area contributed by atoms with Gasteiger partial charge in [-0.15, -0.1) is 0 Å². The van der Waals surface area contributed by atoms with E-state index in [4.69, 9.17) is 9.47 Å². The molecule has 2 amide bonds. The lowest BCUT2D eigenvalue weighted by atomic mass is 9.98. The summed E-state index contributed by atoms with van der Waals surface area (Å²) in [5.74, 6) is 1.19. The monoisotopic (exact) mass is 483 g/mol. The predicted molar refractivity (Wildman–Crippen MR) is 139 cm³/mol. The molecular formula is C29H29N3O4. The van der Waals surface area contributed by atoms with Crippen molar-refractivity contribution in [3.8, 4) is 11.5 Å². The van der Waals surface area contributed by atoms with Gasteiger partial charge in [0.1, 0.15) is 23.7 Å². The first-order chi connectivity index (χ1) is 17.5. The fourth-order valence-corrected chi connectivity index (χ4v) is 5.05. The van der Waals surface area contributed by atoms with Gasteiger partial charge >= 0.3 is 0 Å². The van der Waals surface area contributed by atoms with Crippen LogP contribution in [-0.4, -0.2) is 48.6 Å². The number of ether oxygens (including phenoxy) is 2. The summed E-state index contributed by atoms with van der Waals surface area (Å²) in [6, 6.07) is 23.1. The van der Waals surface area contributed by atoms with E-state index in [0.717, 1.165) is 39.1 Å². The van der Waals surface area contributed by atoms with E-state index in [9.17, 15) is 9.59 Å². The number of aryl methyl sites for hydroxylation is 1. The van der Waals surface area contributed by atoms with Crippen LogP contribution in [-0.2, 0) is 18.3 Å². The Morgan fingerprint density at radius 3 is 2.44 bits per heavy atom. The van der Waals surface area contributed by atoms with Crippen molar-refractivity contribution in [2.45, 2.75) is 12.5 Å². The summed E-state index contributed by atoms with van der Waals surface area (Å²) in [5.41, 5.74) is 4.57. The highest BCUT2D eigenvalue weighted by molar-refractivity contribution is 6.07. The van der Waals surface area contributed by atoms with E-state index in [1.54, 1.807) is 19.1 Å². The van der Waals surface area contributed by atoms with Crippen molar-refractivity contribution in [1.82, 2.24) is 14.8 Å². The Morgan fingerprint density at radius 2 is 1.69 bits per heavy atom. The SMILES string of the molecule is COc1ccc([C@@H]2c3c(n(C)c4ccccc34)C(=O)N2CC(=O)NCCc2cccc(OC)c2)cc1. The van der Waals surface area contributed by atoms with E-state index in [1.807, 2.05) is 84.4 Å². The van der Waals surface area contributed by atoms with Gasteiger partial charge in [-0.05, 0) is 47.9 Å². The molecule has 0 unspecified atom stereocenters. The molecule has 36 heavy (non-hydrogen) atoms. The Kier molecular flexibility index (Phi) is 6.38. The molecule has 2 heterocycles. The Labute approximate surface area is 210 Å². The summed E-state index contributed by atoms with van der Waals surface area (Å²) in [7, 11) is 5.16. The largest absolute Gasteiger partial charge is 0.497 e. The van der Waals surface area contributed by atoms with Crippen LogP contribution in [0.4, 0.5) is 0 Å². The second-order valence-electron chi connectivity index (χ2n) is 8.90. The van der Waals surface area contributed by atoms with Crippen LogP contribution in [0.5, 0.6) is 11.5 Å². The second kappa shape index (κ2) is 9.77. The van der Waals surface area contributed by atoms with Crippen LogP contribution in [0.15, 0.2) is 72.8 Å². The summed E-state index contributed by atoms with van der Waals surface area (Å²) < 4.78 is 12.5. The van der Waals surface area contributed by atoms with Gasteiger partial charge in [0, 0.05) is 30.1 Å². The number of hydrogen-bond acceptors (Lipinski definition) is 4. The number of rotatable bonds is 8. The van der Waals surface area contributed by atoms with Gasteiger partial charge in [-0.1, -0.05) is 42.5 Å². The van der Waals surface area contributed by atoms with Crippen LogP contribution >= 0.6 is 0 Å². The number of nitrogens with zero attached hydrogens (tertiary/aromatic N) is 2. The number of benzene rings is 3. The van der Waals surface area contributed by atoms with Gasteiger partial charge in [0.25, 0.3) is 5.91 Å². The molecule has 5 rings (SSSR count). The van der Waals surface area contributed by atoms with E-state index in [1.165, 1.54) is 0 Å². The fourth-order valence-electron chi connectivity index (χ4n) is 5.05. The smallest absolute Gasteiger partial charge is 0.272 e. The van der Waals surface area contributed by atoms with Crippen LogP contribution in [0.3, 0.4) is 0 Å². The maximum Gasteiger partial charge on any atom is 0.272 e. The number of carbonyl (C=O) groups is 2. The van der Waals surface area contributed by atoms with Crippen LogP contribution in [0.1, 0.15) is 33.2 Å². The first-order valence-electron chi connectivity index (χ1n) is 11.9. The topological polar surface area (TPSA) is 72.8 Å². The first-order valence-corrected chi connectivity index (χ1v) is 11.9. The molecule has 1 atom stereocenters. The van der Waals surface area contributed by atoms with Gasteiger partial charge < -0.3 is 24.3 Å². The Balaban J connectivity index is 1.40. The summed E-state index contributed by atoms with van der Waals surface area (Å²) in [4.78, 5) is 28.3. The lowest BCUT2D eigenvalue weighted by Crippen LogP contribution is -2.40. The molecule has 0 spiro atoms. The van der Waals surface area contributed by atoms with Gasteiger partial charge in [-0.25, -0.2) is 0 Å². The average molecular weight is 484 g/mol. The summed E-state index contributed by atoms with van der Waals surface area (Å²) in [6.45, 7) is 0.438. The fraction of sp³-hybridized carbons (Fsp3) is 0.241. The number of carbonyl (C=O) groups excluding carboxylic acids is 2. The third kappa shape index (κ3) is 4.17. The van der Waals surface area contributed by atoms with E-state index < -0.39 is 0 Å². The van der Waals surface area contributed by atoms with Crippen molar-refractivity contribution in [3.05, 3.63) is 95.2 Å². The quantitative estimate of drug-likeness (QED) is 0.410. The summed E-state index contributed by atoms with van der Waals surface area (Å²) in [6.07, 6.45) is 0.670. The van der Waals surface area contributed by atoms with Gasteiger partial charge in [0.2, 0.25) is 5.91 Å².